The van der Waals surface area contributed by atoms with E-state index < -0.39 is 0 Å². The van der Waals surface area contributed by atoms with E-state index in [1.807, 2.05) is 0 Å². The van der Waals surface area contributed by atoms with Crippen molar-refractivity contribution in [3.8, 4) is 0 Å². The van der Waals surface area contributed by atoms with Crippen LogP contribution in [0.15, 0.2) is 42.5 Å². The number of aryl methyl sites for hydroxylation is 1. The third-order valence-electron chi connectivity index (χ3n) is 5.97. The molecule has 0 aliphatic heterocycles. The molecule has 4 rings (SSSR count). The van der Waals surface area contributed by atoms with Gasteiger partial charge in [0, 0.05) is 11.6 Å². The van der Waals surface area contributed by atoms with Gasteiger partial charge in [0.1, 0.15) is 5.69 Å². The molecule has 25 heavy (non-hydrogen) atoms. The molecule has 2 nitrogen and oxygen atoms in total. The van der Waals surface area contributed by atoms with Crippen molar-refractivity contribution < 1.29 is 4.79 Å². The number of pyridine rings is 1. The smallest absolute Gasteiger partial charge is 0.184 e. The lowest BCUT2D eigenvalue weighted by molar-refractivity contribution is 0.0877. The second-order valence-corrected chi connectivity index (χ2v) is 7.69. The summed E-state index contributed by atoms with van der Waals surface area (Å²) in [5, 5.41) is 0. The highest BCUT2D eigenvalue weighted by molar-refractivity contribution is 5.97. The normalized spacial score (nSPS) is 23.4. The minimum atomic E-state index is 0.164. The second kappa shape index (κ2) is 7.11. The molecule has 2 aliphatic carbocycles. The zero-order valence-corrected chi connectivity index (χ0v) is 15.1. The summed E-state index contributed by atoms with van der Waals surface area (Å²) in [6.45, 7) is 2.11. The van der Waals surface area contributed by atoms with Crippen LogP contribution >= 0.6 is 0 Å². The number of benzene rings is 1. The highest BCUT2D eigenvalue weighted by Crippen LogP contribution is 2.43. The van der Waals surface area contributed by atoms with Crippen LogP contribution in [0, 0.1) is 5.92 Å². The lowest BCUT2D eigenvalue weighted by Gasteiger charge is -2.28. The van der Waals surface area contributed by atoms with Gasteiger partial charge < -0.3 is 0 Å². The molecule has 2 aromatic rings. The Hall–Kier alpha value is -1.96. The molecule has 0 radical (unpaired) electrons. The number of rotatable bonds is 5. The third-order valence-corrected chi connectivity index (χ3v) is 5.97. The fourth-order valence-electron chi connectivity index (χ4n) is 4.24. The maximum atomic E-state index is 13.2. The zero-order valence-electron chi connectivity index (χ0n) is 15.1. The van der Waals surface area contributed by atoms with E-state index in [1.165, 1.54) is 24.0 Å². The van der Waals surface area contributed by atoms with Crippen molar-refractivity contribution in [2.45, 2.75) is 63.7 Å². The zero-order chi connectivity index (χ0) is 17.2. The summed E-state index contributed by atoms with van der Waals surface area (Å²) in [6, 6.07) is 15.0. The standard InChI is InChI=1S/C23H27NO/c1-2-20-14-15-21(18-10-11-18)22(24-20)23(25)19-12-8-17(9-13-19)16-6-4-3-5-7-16/h3-7,14-15,17-19H,2,8-13H2,1H3. The van der Waals surface area contributed by atoms with Gasteiger partial charge in [0.2, 0.25) is 0 Å². The molecule has 0 spiro atoms. The number of carbonyl (C=O) groups excluding carboxylic acids is 1. The van der Waals surface area contributed by atoms with Gasteiger partial charge in [-0.15, -0.1) is 0 Å². The van der Waals surface area contributed by atoms with Crippen LogP contribution in [-0.2, 0) is 6.42 Å². The van der Waals surface area contributed by atoms with E-state index in [1.54, 1.807) is 0 Å². The first kappa shape index (κ1) is 16.5. The predicted molar refractivity (Wildman–Crippen MR) is 101 cm³/mol. The van der Waals surface area contributed by atoms with E-state index in [4.69, 9.17) is 4.98 Å². The van der Waals surface area contributed by atoms with Gasteiger partial charge in [-0.3, -0.25) is 4.79 Å². The van der Waals surface area contributed by atoms with Gasteiger partial charge in [-0.2, -0.15) is 0 Å². The van der Waals surface area contributed by atoms with Gasteiger partial charge in [-0.25, -0.2) is 4.98 Å². The summed E-state index contributed by atoms with van der Waals surface area (Å²) in [6.07, 6.45) is 7.56. The number of carbonyl (C=O) groups is 1. The molecule has 0 unspecified atom stereocenters. The van der Waals surface area contributed by atoms with Gasteiger partial charge in [-0.1, -0.05) is 43.3 Å². The molecule has 2 fully saturated rings. The minimum absolute atomic E-state index is 0.164. The SMILES string of the molecule is CCc1ccc(C2CC2)c(C(=O)C2CCC(c3ccccc3)CC2)n1. The van der Waals surface area contributed by atoms with E-state index in [9.17, 15) is 4.79 Å². The molecule has 0 bridgehead atoms. The second-order valence-electron chi connectivity index (χ2n) is 7.69. The quantitative estimate of drug-likeness (QED) is 0.659. The monoisotopic (exact) mass is 333 g/mol. The van der Waals surface area contributed by atoms with Crippen LogP contribution in [0.1, 0.15) is 84.6 Å². The highest BCUT2D eigenvalue weighted by Gasteiger charge is 2.33. The highest BCUT2D eigenvalue weighted by atomic mass is 16.1. The molecule has 2 saturated carbocycles. The molecule has 0 atom stereocenters. The Bertz CT molecular complexity index is 740. The number of aromatic nitrogens is 1. The van der Waals surface area contributed by atoms with Crippen molar-refractivity contribution in [1.82, 2.24) is 4.98 Å². The summed E-state index contributed by atoms with van der Waals surface area (Å²) in [5.41, 5.74) is 4.49. The van der Waals surface area contributed by atoms with Crippen LogP contribution in [0.4, 0.5) is 0 Å². The number of hydrogen-bond acceptors (Lipinski definition) is 2. The van der Waals surface area contributed by atoms with Crippen LogP contribution in [0.3, 0.4) is 0 Å². The maximum absolute atomic E-state index is 13.2. The number of hydrogen-bond donors (Lipinski definition) is 0. The van der Waals surface area contributed by atoms with Crippen molar-refractivity contribution in [1.29, 1.82) is 0 Å². The molecule has 130 valence electrons. The maximum Gasteiger partial charge on any atom is 0.184 e. The summed E-state index contributed by atoms with van der Waals surface area (Å²) >= 11 is 0. The van der Waals surface area contributed by atoms with Gasteiger partial charge in [0.05, 0.1) is 0 Å². The van der Waals surface area contributed by atoms with Crippen LogP contribution in [0.25, 0.3) is 0 Å². The Labute approximate surface area is 150 Å². The van der Waals surface area contributed by atoms with Crippen molar-refractivity contribution in [2.75, 3.05) is 0 Å². The number of Topliss-reactive ketones (excluding diaryl/α,β-unsaturated/α-hetero) is 1. The van der Waals surface area contributed by atoms with E-state index >= 15 is 0 Å². The van der Waals surface area contributed by atoms with E-state index in [0.717, 1.165) is 43.5 Å². The number of ketones is 1. The molecule has 2 aliphatic rings. The lowest BCUT2D eigenvalue weighted by Crippen LogP contribution is -2.23. The van der Waals surface area contributed by atoms with Gasteiger partial charge >= 0.3 is 0 Å². The largest absolute Gasteiger partial charge is 0.292 e. The first-order valence-corrected chi connectivity index (χ1v) is 9.85. The Balaban J connectivity index is 1.49. The Morgan fingerprint density at radius 3 is 2.24 bits per heavy atom. The van der Waals surface area contributed by atoms with Crippen molar-refractivity contribution in [2.24, 2.45) is 5.92 Å². The van der Waals surface area contributed by atoms with E-state index in [-0.39, 0.29) is 5.92 Å². The van der Waals surface area contributed by atoms with Crippen molar-refractivity contribution in [3.05, 3.63) is 65.0 Å². The first-order valence-electron chi connectivity index (χ1n) is 9.85. The third kappa shape index (κ3) is 3.53. The molecule has 1 aromatic carbocycles. The molecular formula is C23H27NO. The number of nitrogens with zero attached hydrogens (tertiary/aromatic N) is 1. The Morgan fingerprint density at radius 1 is 0.920 bits per heavy atom. The van der Waals surface area contributed by atoms with E-state index in [0.29, 0.717) is 17.6 Å². The van der Waals surface area contributed by atoms with Crippen molar-refractivity contribution >= 4 is 5.78 Å². The van der Waals surface area contributed by atoms with E-state index in [2.05, 4.69) is 49.4 Å². The minimum Gasteiger partial charge on any atom is -0.292 e. The van der Waals surface area contributed by atoms with Crippen molar-refractivity contribution in [3.63, 3.8) is 0 Å². The average molecular weight is 333 g/mol. The fraction of sp³-hybridized carbons (Fsp3) is 0.478. The van der Waals surface area contributed by atoms with Crippen LogP contribution in [0.2, 0.25) is 0 Å². The van der Waals surface area contributed by atoms with Crippen LogP contribution in [-0.4, -0.2) is 10.8 Å². The van der Waals surface area contributed by atoms with Gasteiger partial charge in [0.25, 0.3) is 0 Å². The molecular weight excluding hydrogens is 306 g/mol. The summed E-state index contributed by atoms with van der Waals surface area (Å²) < 4.78 is 0. The molecule has 1 heterocycles. The molecule has 2 heteroatoms. The van der Waals surface area contributed by atoms with Gasteiger partial charge in [0.15, 0.2) is 5.78 Å². The fourth-order valence-corrected chi connectivity index (χ4v) is 4.24. The topological polar surface area (TPSA) is 30.0 Å². The summed E-state index contributed by atoms with van der Waals surface area (Å²) in [5.74, 6) is 1.67. The summed E-state index contributed by atoms with van der Waals surface area (Å²) in [4.78, 5) is 18.0. The summed E-state index contributed by atoms with van der Waals surface area (Å²) in [7, 11) is 0. The molecule has 0 N–H and O–H groups in total. The first-order chi connectivity index (χ1) is 12.3. The predicted octanol–water partition coefficient (Wildman–Crippen LogP) is 5.68. The Kier molecular flexibility index (Phi) is 4.70. The molecule has 0 saturated heterocycles. The lowest BCUT2D eigenvalue weighted by atomic mass is 9.76. The van der Waals surface area contributed by atoms with Gasteiger partial charge in [-0.05, 0) is 74.0 Å². The van der Waals surface area contributed by atoms with Crippen LogP contribution in [0.5, 0.6) is 0 Å². The molecule has 1 aromatic heterocycles. The molecule has 0 amide bonds. The Morgan fingerprint density at radius 2 is 1.60 bits per heavy atom. The van der Waals surface area contributed by atoms with Crippen LogP contribution < -0.4 is 0 Å². The average Bonchev–Trinajstić information content (AvgIpc) is 3.53.